The highest BCUT2D eigenvalue weighted by molar-refractivity contribution is 5.27. The monoisotopic (exact) mass is 223 g/mol. The second kappa shape index (κ2) is 4.41. The summed E-state index contributed by atoms with van der Waals surface area (Å²) in [4.78, 5) is 0. The highest BCUT2D eigenvalue weighted by Crippen LogP contribution is 2.33. The minimum atomic E-state index is 0.162. The van der Waals surface area contributed by atoms with Gasteiger partial charge in [-0.1, -0.05) is 6.92 Å². The fraction of sp³-hybridized carbons (Fsp3) is 0.818. The van der Waals surface area contributed by atoms with Crippen molar-refractivity contribution in [2.45, 2.75) is 31.6 Å². The van der Waals surface area contributed by atoms with Gasteiger partial charge in [0.15, 0.2) is 0 Å². The summed E-state index contributed by atoms with van der Waals surface area (Å²) in [6.07, 6.45) is 3.53. The molecule has 1 fully saturated rings. The van der Waals surface area contributed by atoms with Crippen LogP contribution in [0.1, 0.15) is 32.0 Å². The summed E-state index contributed by atoms with van der Waals surface area (Å²) in [6.45, 7) is 4.37. The average molecular weight is 223 g/mol. The lowest BCUT2D eigenvalue weighted by atomic mass is 9.77. The zero-order valence-electron chi connectivity index (χ0n) is 10.4. The number of nitrogens with zero attached hydrogens (tertiary/aromatic N) is 3. The number of nitrogens with one attached hydrogen (secondary N) is 2. The molecule has 0 bridgehead atoms. The van der Waals surface area contributed by atoms with Crippen LogP contribution in [0.2, 0.25) is 0 Å². The van der Waals surface area contributed by atoms with Crippen molar-refractivity contribution >= 4 is 5.95 Å². The normalized spacial score (nSPS) is 25.7. The standard InChI is InChI=1S/C11H21N5/c1-4-11(6-5-7-13-8-11)9-14-15-10(12-2)16(9)3/h13H,4-8H2,1-3H3,(H,12,15). The van der Waals surface area contributed by atoms with Crippen LogP contribution in [0.4, 0.5) is 5.95 Å². The summed E-state index contributed by atoms with van der Waals surface area (Å²) in [6, 6.07) is 0. The van der Waals surface area contributed by atoms with Gasteiger partial charge in [0, 0.05) is 26.1 Å². The van der Waals surface area contributed by atoms with Crippen molar-refractivity contribution in [2.24, 2.45) is 7.05 Å². The number of hydrogen-bond donors (Lipinski definition) is 2. The Hall–Kier alpha value is -1.10. The fourth-order valence-corrected chi connectivity index (χ4v) is 2.63. The second-order valence-corrected chi connectivity index (χ2v) is 4.57. The van der Waals surface area contributed by atoms with Gasteiger partial charge in [0.25, 0.3) is 0 Å². The third-order valence-electron chi connectivity index (χ3n) is 3.72. The van der Waals surface area contributed by atoms with Gasteiger partial charge in [-0.05, 0) is 25.8 Å². The highest BCUT2D eigenvalue weighted by atomic mass is 15.3. The molecule has 1 aromatic rings. The summed E-state index contributed by atoms with van der Waals surface area (Å²) in [7, 11) is 3.92. The lowest BCUT2D eigenvalue weighted by molar-refractivity contribution is 0.281. The van der Waals surface area contributed by atoms with Crippen LogP contribution < -0.4 is 10.6 Å². The van der Waals surface area contributed by atoms with Crippen LogP contribution in [0.15, 0.2) is 0 Å². The maximum Gasteiger partial charge on any atom is 0.224 e. The predicted octanol–water partition coefficient (Wildman–Crippen LogP) is 0.888. The van der Waals surface area contributed by atoms with Crippen molar-refractivity contribution in [3.63, 3.8) is 0 Å². The largest absolute Gasteiger partial charge is 0.357 e. The first-order chi connectivity index (χ1) is 7.73. The van der Waals surface area contributed by atoms with Gasteiger partial charge in [0.1, 0.15) is 5.82 Å². The van der Waals surface area contributed by atoms with Crippen LogP contribution in [-0.2, 0) is 12.5 Å². The quantitative estimate of drug-likeness (QED) is 0.799. The molecule has 0 aromatic carbocycles. The Balaban J connectivity index is 2.35. The summed E-state index contributed by atoms with van der Waals surface area (Å²) < 4.78 is 2.08. The molecule has 0 aliphatic carbocycles. The summed E-state index contributed by atoms with van der Waals surface area (Å²) >= 11 is 0. The zero-order chi connectivity index (χ0) is 11.6. The molecular formula is C11H21N5. The molecule has 0 spiro atoms. The average Bonchev–Trinajstić information content (AvgIpc) is 2.72. The van der Waals surface area contributed by atoms with E-state index in [-0.39, 0.29) is 5.41 Å². The molecule has 16 heavy (non-hydrogen) atoms. The molecule has 2 rings (SSSR count). The van der Waals surface area contributed by atoms with Crippen LogP contribution >= 0.6 is 0 Å². The van der Waals surface area contributed by atoms with Gasteiger partial charge in [-0.2, -0.15) is 0 Å². The predicted molar refractivity (Wildman–Crippen MR) is 64.6 cm³/mol. The molecule has 5 heteroatoms. The van der Waals surface area contributed by atoms with Gasteiger partial charge in [-0.25, -0.2) is 0 Å². The molecule has 90 valence electrons. The maximum absolute atomic E-state index is 4.36. The Kier molecular flexibility index (Phi) is 3.14. The minimum absolute atomic E-state index is 0.162. The number of rotatable bonds is 3. The van der Waals surface area contributed by atoms with E-state index in [1.54, 1.807) is 0 Å². The van der Waals surface area contributed by atoms with E-state index in [0.29, 0.717) is 0 Å². The molecule has 5 nitrogen and oxygen atoms in total. The Bertz CT molecular complexity index is 351. The molecular weight excluding hydrogens is 202 g/mol. The molecule has 1 aromatic heterocycles. The van der Waals surface area contributed by atoms with E-state index in [0.717, 1.165) is 31.3 Å². The molecule has 1 saturated heterocycles. The van der Waals surface area contributed by atoms with E-state index in [9.17, 15) is 0 Å². The van der Waals surface area contributed by atoms with Crippen LogP contribution in [-0.4, -0.2) is 34.9 Å². The first-order valence-corrected chi connectivity index (χ1v) is 6.02. The first-order valence-electron chi connectivity index (χ1n) is 6.02. The van der Waals surface area contributed by atoms with Gasteiger partial charge in [0.2, 0.25) is 5.95 Å². The first kappa shape index (κ1) is 11.4. The molecule has 1 atom stereocenters. The van der Waals surface area contributed by atoms with Crippen molar-refractivity contribution in [1.82, 2.24) is 20.1 Å². The molecule has 2 N–H and O–H groups in total. The molecule has 1 aliphatic heterocycles. The molecule has 0 amide bonds. The summed E-state index contributed by atoms with van der Waals surface area (Å²) in [5.74, 6) is 1.94. The van der Waals surface area contributed by atoms with E-state index < -0.39 is 0 Å². The van der Waals surface area contributed by atoms with Crippen LogP contribution in [0.5, 0.6) is 0 Å². The minimum Gasteiger partial charge on any atom is -0.357 e. The van der Waals surface area contributed by atoms with Gasteiger partial charge >= 0.3 is 0 Å². The van der Waals surface area contributed by atoms with E-state index in [2.05, 4.69) is 32.3 Å². The second-order valence-electron chi connectivity index (χ2n) is 4.57. The summed E-state index contributed by atoms with van der Waals surface area (Å²) in [5.41, 5.74) is 0.162. The lowest BCUT2D eigenvalue weighted by Crippen LogP contribution is -2.44. The topological polar surface area (TPSA) is 54.8 Å². The smallest absolute Gasteiger partial charge is 0.224 e. The van der Waals surface area contributed by atoms with Crippen molar-refractivity contribution in [2.75, 3.05) is 25.5 Å². The van der Waals surface area contributed by atoms with Crippen molar-refractivity contribution in [1.29, 1.82) is 0 Å². The molecule has 2 heterocycles. The van der Waals surface area contributed by atoms with Gasteiger partial charge in [-0.3, -0.25) is 0 Å². The maximum atomic E-state index is 4.36. The Morgan fingerprint density at radius 1 is 1.50 bits per heavy atom. The summed E-state index contributed by atoms with van der Waals surface area (Å²) in [5, 5.41) is 15.1. The molecule has 0 radical (unpaired) electrons. The fourth-order valence-electron chi connectivity index (χ4n) is 2.63. The van der Waals surface area contributed by atoms with E-state index >= 15 is 0 Å². The van der Waals surface area contributed by atoms with Gasteiger partial charge in [0.05, 0.1) is 0 Å². The number of anilines is 1. The van der Waals surface area contributed by atoms with Gasteiger partial charge in [-0.15, -0.1) is 10.2 Å². The third-order valence-corrected chi connectivity index (χ3v) is 3.72. The third kappa shape index (κ3) is 1.69. The number of hydrogen-bond acceptors (Lipinski definition) is 4. The molecule has 1 unspecified atom stereocenters. The van der Waals surface area contributed by atoms with E-state index in [1.165, 1.54) is 12.8 Å². The number of piperidine rings is 1. The van der Waals surface area contributed by atoms with Crippen LogP contribution in [0.25, 0.3) is 0 Å². The van der Waals surface area contributed by atoms with Gasteiger partial charge < -0.3 is 15.2 Å². The molecule has 0 saturated carbocycles. The van der Waals surface area contributed by atoms with E-state index in [4.69, 9.17) is 0 Å². The Morgan fingerprint density at radius 3 is 2.81 bits per heavy atom. The van der Waals surface area contributed by atoms with Crippen molar-refractivity contribution < 1.29 is 0 Å². The Morgan fingerprint density at radius 2 is 2.31 bits per heavy atom. The lowest BCUT2D eigenvalue weighted by Gasteiger charge is -2.35. The SMILES string of the molecule is CCC1(c2nnc(NC)n2C)CCCNC1. The van der Waals surface area contributed by atoms with E-state index in [1.807, 2.05) is 14.1 Å². The van der Waals surface area contributed by atoms with Crippen molar-refractivity contribution in [3.05, 3.63) is 5.82 Å². The van der Waals surface area contributed by atoms with Crippen molar-refractivity contribution in [3.8, 4) is 0 Å². The highest BCUT2D eigenvalue weighted by Gasteiger charge is 2.36. The number of aromatic nitrogens is 3. The zero-order valence-corrected chi connectivity index (χ0v) is 10.4. The Labute approximate surface area is 96.6 Å². The van der Waals surface area contributed by atoms with Crippen LogP contribution in [0.3, 0.4) is 0 Å². The van der Waals surface area contributed by atoms with Crippen LogP contribution in [0, 0.1) is 0 Å². The molecule has 1 aliphatic rings.